The normalized spacial score (nSPS) is 12.1. The Kier molecular flexibility index (Phi) is 5.52. The Bertz CT molecular complexity index is 171. The van der Waals surface area contributed by atoms with Crippen LogP contribution in [0.5, 0.6) is 0 Å². The maximum absolute atomic E-state index is 8.69. The number of hydrogen-bond donors (Lipinski definition) is 2. The van der Waals surface area contributed by atoms with Crippen molar-refractivity contribution in [1.82, 2.24) is 0 Å². The smallest absolute Gasteiger partial charge is 0.423 e. The third-order valence-electron chi connectivity index (χ3n) is 1.19. The summed E-state index contributed by atoms with van der Waals surface area (Å²) in [6, 6.07) is 0. The third-order valence-corrected chi connectivity index (χ3v) is 1.19. The molecule has 0 aliphatic heterocycles. The lowest BCUT2D eigenvalue weighted by molar-refractivity contribution is 0.420. The van der Waals surface area contributed by atoms with E-state index in [2.05, 4.69) is 6.58 Å². The Balaban J connectivity index is 4.12. The fourth-order valence-electron chi connectivity index (χ4n) is 0.575. The molecule has 0 heterocycles. The molecular weight excluding hydrogens is 139 g/mol. The van der Waals surface area contributed by atoms with Crippen LogP contribution in [-0.4, -0.2) is 17.2 Å². The molecule has 0 unspecified atom stereocenters. The van der Waals surface area contributed by atoms with E-state index >= 15 is 0 Å². The molecule has 0 amide bonds. The lowest BCUT2D eigenvalue weighted by atomic mass is 9.79. The van der Waals surface area contributed by atoms with E-state index in [0.29, 0.717) is 5.47 Å². The van der Waals surface area contributed by atoms with Crippen molar-refractivity contribution >= 4 is 7.12 Å². The van der Waals surface area contributed by atoms with Gasteiger partial charge in [0.05, 0.1) is 0 Å². The van der Waals surface area contributed by atoms with Crippen molar-refractivity contribution in [2.75, 3.05) is 0 Å². The summed E-state index contributed by atoms with van der Waals surface area (Å²) in [6.07, 6.45) is 7.68. The van der Waals surface area contributed by atoms with Gasteiger partial charge in [-0.25, -0.2) is 0 Å². The van der Waals surface area contributed by atoms with Crippen LogP contribution in [0, 0.1) is 0 Å². The number of rotatable bonds is 4. The Morgan fingerprint density at radius 2 is 2.18 bits per heavy atom. The summed E-state index contributed by atoms with van der Waals surface area (Å²) in [4.78, 5) is 0. The minimum atomic E-state index is -1.42. The zero-order valence-electron chi connectivity index (χ0n) is 6.70. The summed E-state index contributed by atoms with van der Waals surface area (Å²) in [6.45, 7) is 5.45. The molecule has 11 heavy (non-hydrogen) atoms. The summed E-state index contributed by atoms with van der Waals surface area (Å²) in [5.74, 6) is 0. The van der Waals surface area contributed by atoms with E-state index < -0.39 is 7.12 Å². The highest BCUT2D eigenvalue weighted by molar-refractivity contribution is 6.51. The third kappa shape index (κ3) is 4.59. The Morgan fingerprint density at radius 1 is 1.55 bits per heavy atom. The Hall–Kier alpha value is -0.795. The second-order valence-electron chi connectivity index (χ2n) is 2.08. The number of hydrogen-bond acceptors (Lipinski definition) is 2. The maximum Gasteiger partial charge on any atom is 0.488 e. The number of allylic oxidation sites excluding steroid dienone is 5. The van der Waals surface area contributed by atoms with Crippen LogP contribution < -0.4 is 0 Å². The minimum Gasteiger partial charge on any atom is -0.423 e. The molecule has 0 atom stereocenters. The van der Waals surface area contributed by atoms with Gasteiger partial charge in [-0.15, -0.1) is 0 Å². The van der Waals surface area contributed by atoms with Crippen LogP contribution in [0.2, 0.25) is 0 Å². The zero-order valence-corrected chi connectivity index (χ0v) is 6.70. The first-order valence-corrected chi connectivity index (χ1v) is 3.57. The van der Waals surface area contributed by atoms with Crippen LogP contribution in [0.15, 0.2) is 36.4 Å². The molecule has 0 saturated heterocycles. The first kappa shape index (κ1) is 10.2. The average molecular weight is 152 g/mol. The molecule has 0 spiro atoms. The fraction of sp³-hybridized carbons (Fsp3) is 0.250. The molecule has 60 valence electrons. The fourth-order valence-corrected chi connectivity index (χ4v) is 0.575. The van der Waals surface area contributed by atoms with Gasteiger partial charge in [-0.2, -0.15) is 0 Å². The second-order valence-corrected chi connectivity index (χ2v) is 2.08. The maximum atomic E-state index is 8.69. The highest BCUT2D eigenvalue weighted by atomic mass is 16.4. The second kappa shape index (κ2) is 5.95. The van der Waals surface area contributed by atoms with Gasteiger partial charge < -0.3 is 10.0 Å². The van der Waals surface area contributed by atoms with Crippen molar-refractivity contribution in [3.8, 4) is 0 Å². The molecule has 0 aromatic rings. The van der Waals surface area contributed by atoms with Crippen LogP contribution in [0.4, 0.5) is 0 Å². The van der Waals surface area contributed by atoms with Crippen LogP contribution in [-0.2, 0) is 0 Å². The average Bonchev–Trinajstić information content (AvgIpc) is 1.97. The molecule has 0 aromatic carbocycles. The van der Waals surface area contributed by atoms with E-state index in [-0.39, 0.29) is 0 Å². The van der Waals surface area contributed by atoms with E-state index in [4.69, 9.17) is 10.0 Å². The summed E-state index contributed by atoms with van der Waals surface area (Å²) >= 11 is 0. The van der Waals surface area contributed by atoms with Gasteiger partial charge in [0.1, 0.15) is 0 Å². The molecule has 0 aromatic heterocycles. The lowest BCUT2D eigenvalue weighted by Crippen LogP contribution is -2.13. The molecule has 3 heteroatoms. The predicted molar refractivity (Wildman–Crippen MR) is 47.9 cm³/mol. The van der Waals surface area contributed by atoms with Gasteiger partial charge in [-0.05, 0) is 11.9 Å². The monoisotopic (exact) mass is 152 g/mol. The van der Waals surface area contributed by atoms with Crippen molar-refractivity contribution in [2.24, 2.45) is 0 Å². The molecule has 2 N–H and O–H groups in total. The van der Waals surface area contributed by atoms with Crippen LogP contribution in [0.3, 0.4) is 0 Å². The Labute approximate surface area is 67.7 Å². The van der Waals surface area contributed by atoms with Gasteiger partial charge >= 0.3 is 7.12 Å². The predicted octanol–water partition coefficient (Wildman–Crippen LogP) is 1.08. The molecule has 0 fully saturated rings. The molecule has 0 aliphatic rings. The summed E-state index contributed by atoms with van der Waals surface area (Å²) in [5.41, 5.74) is 0.412. The highest BCUT2D eigenvalue weighted by Crippen LogP contribution is 1.97. The summed E-state index contributed by atoms with van der Waals surface area (Å²) in [7, 11) is -1.42. The van der Waals surface area contributed by atoms with E-state index in [0.717, 1.165) is 6.42 Å². The van der Waals surface area contributed by atoms with Gasteiger partial charge in [-0.1, -0.05) is 37.8 Å². The van der Waals surface area contributed by atoms with Gasteiger partial charge in [0.25, 0.3) is 0 Å². The first-order chi connectivity index (χ1) is 5.22. The van der Waals surface area contributed by atoms with Crippen molar-refractivity contribution in [3.63, 3.8) is 0 Å². The van der Waals surface area contributed by atoms with Crippen molar-refractivity contribution in [3.05, 3.63) is 36.4 Å². The van der Waals surface area contributed by atoms with Gasteiger partial charge in [0.15, 0.2) is 0 Å². The summed E-state index contributed by atoms with van der Waals surface area (Å²) in [5, 5.41) is 17.4. The molecule has 0 saturated carbocycles. The quantitative estimate of drug-likeness (QED) is 0.467. The van der Waals surface area contributed by atoms with Gasteiger partial charge in [-0.3, -0.25) is 0 Å². The van der Waals surface area contributed by atoms with E-state index in [1.54, 1.807) is 12.2 Å². The highest BCUT2D eigenvalue weighted by Gasteiger charge is 2.08. The zero-order chi connectivity index (χ0) is 8.69. The van der Waals surface area contributed by atoms with Gasteiger partial charge in [0.2, 0.25) is 0 Å². The summed E-state index contributed by atoms with van der Waals surface area (Å²) < 4.78 is 0. The van der Waals surface area contributed by atoms with Crippen LogP contribution in [0.25, 0.3) is 0 Å². The minimum absolute atomic E-state index is 0.412. The Morgan fingerprint density at radius 3 is 2.55 bits per heavy atom. The molecule has 0 bridgehead atoms. The lowest BCUT2D eigenvalue weighted by Gasteiger charge is -1.95. The topological polar surface area (TPSA) is 40.5 Å². The standard InChI is InChI=1S/C8H13BO2/c1-3-5-6-7-8(4-2)9(10)11/h4-7,10-11H,2-3H2,1H3/b6-5-,8-7+. The van der Waals surface area contributed by atoms with E-state index in [9.17, 15) is 0 Å². The molecule has 0 radical (unpaired) electrons. The SMILES string of the molecule is C=C/C(=C\C=C/CC)B(O)O. The van der Waals surface area contributed by atoms with Crippen LogP contribution >= 0.6 is 0 Å². The molecule has 2 nitrogen and oxygen atoms in total. The van der Waals surface area contributed by atoms with Crippen molar-refractivity contribution in [2.45, 2.75) is 13.3 Å². The van der Waals surface area contributed by atoms with E-state index in [1.165, 1.54) is 6.08 Å². The van der Waals surface area contributed by atoms with Gasteiger partial charge in [0, 0.05) is 0 Å². The van der Waals surface area contributed by atoms with Crippen molar-refractivity contribution < 1.29 is 10.0 Å². The molecule has 0 aliphatic carbocycles. The molecule has 0 rings (SSSR count). The van der Waals surface area contributed by atoms with Crippen LogP contribution in [0.1, 0.15) is 13.3 Å². The largest absolute Gasteiger partial charge is 0.488 e. The molecular formula is C8H13BO2. The van der Waals surface area contributed by atoms with Crippen molar-refractivity contribution in [1.29, 1.82) is 0 Å². The first-order valence-electron chi connectivity index (χ1n) is 3.57. The van der Waals surface area contributed by atoms with E-state index in [1.807, 2.05) is 13.0 Å².